The van der Waals surface area contributed by atoms with Gasteiger partial charge in [-0.25, -0.2) is 8.78 Å². The van der Waals surface area contributed by atoms with Crippen LogP contribution in [0.1, 0.15) is 61.9 Å². The maximum atomic E-state index is 13.9. The number of alkyl halides is 2. The third-order valence-corrected chi connectivity index (χ3v) is 7.70. The summed E-state index contributed by atoms with van der Waals surface area (Å²) in [6.07, 6.45) is 1.45. The van der Waals surface area contributed by atoms with Gasteiger partial charge in [0.25, 0.3) is 6.43 Å². The number of anilines is 2. The Bertz CT molecular complexity index is 1610. The lowest BCUT2D eigenvalue weighted by atomic mass is 9.96. The maximum Gasteiger partial charge on any atom is 0.262 e. The summed E-state index contributed by atoms with van der Waals surface area (Å²) in [4.78, 5) is 4.44. The molecule has 0 unspecified atom stereocenters. The fourth-order valence-electron chi connectivity index (χ4n) is 4.94. The second-order valence-corrected chi connectivity index (χ2v) is 12.2. The molecular formula is C30H31ClF2N8. The number of hydrazine groups is 2. The highest BCUT2D eigenvalue weighted by Crippen LogP contribution is 2.47. The van der Waals surface area contributed by atoms with Crippen LogP contribution in [0.15, 0.2) is 48.4 Å². The highest BCUT2D eigenvalue weighted by Gasteiger charge is 2.56. The van der Waals surface area contributed by atoms with Crippen LogP contribution in [0.25, 0.3) is 10.9 Å². The molecule has 0 amide bonds. The van der Waals surface area contributed by atoms with Crippen molar-refractivity contribution in [2.75, 3.05) is 17.2 Å². The van der Waals surface area contributed by atoms with E-state index >= 15 is 0 Å². The van der Waals surface area contributed by atoms with Crippen molar-refractivity contribution in [1.29, 1.82) is 10.5 Å². The number of nitrogens with one attached hydrogen (secondary N) is 4. The van der Waals surface area contributed by atoms with E-state index in [4.69, 9.17) is 11.6 Å². The van der Waals surface area contributed by atoms with E-state index in [2.05, 4.69) is 59.5 Å². The number of nitriles is 2. The van der Waals surface area contributed by atoms with Gasteiger partial charge in [-0.05, 0) is 60.6 Å². The zero-order valence-corrected chi connectivity index (χ0v) is 24.0. The number of halogens is 3. The molecule has 5 rings (SSSR count). The fourth-order valence-corrected chi connectivity index (χ4v) is 5.21. The minimum atomic E-state index is -2.50. The first-order valence-corrected chi connectivity index (χ1v) is 13.7. The first-order chi connectivity index (χ1) is 19.5. The highest BCUT2D eigenvalue weighted by atomic mass is 35.5. The summed E-state index contributed by atoms with van der Waals surface area (Å²) in [6, 6.07) is 12.9. The van der Waals surface area contributed by atoms with Gasteiger partial charge in [0.2, 0.25) is 0 Å². The van der Waals surface area contributed by atoms with Crippen LogP contribution in [0.3, 0.4) is 0 Å². The van der Waals surface area contributed by atoms with E-state index in [-0.39, 0.29) is 5.41 Å². The number of nitrogens with zero attached hydrogens (tertiary/aromatic N) is 4. The Morgan fingerprint density at radius 2 is 1.93 bits per heavy atom. The van der Waals surface area contributed by atoms with Gasteiger partial charge in [0.05, 0.1) is 45.2 Å². The summed E-state index contributed by atoms with van der Waals surface area (Å²) in [6.45, 7) is 8.81. The number of hydrogen-bond acceptors (Lipinski definition) is 8. The Kier molecular flexibility index (Phi) is 7.41. The average Bonchev–Trinajstić information content (AvgIpc) is 3.60. The van der Waals surface area contributed by atoms with E-state index in [1.54, 1.807) is 24.4 Å². The SMILES string of the molecule is Cc1cc(C#N)ccc1[C@H](Nc1cc(Cl)c2ncc(C#N)c(NCC(C)(C)C)c2c1)C1=CN(C2(C(F)F)CC2)NN1. The van der Waals surface area contributed by atoms with Gasteiger partial charge >= 0.3 is 0 Å². The normalized spacial score (nSPS) is 16.5. The monoisotopic (exact) mass is 576 g/mol. The molecule has 0 bridgehead atoms. The minimum Gasteiger partial charge on any atom is -0.383 e. The van der Waals surface area contributed by atoms with Crippen molar-refractivity contribution >= 4 is 33.9 Å². The van der Waals surface area contributed by atoms with Crippen molar-refractivity contribution in [2.45, 2.75) is 58.5 Å². The number of benzene rings is 2. The Hall–Kier alpha value is -4.12. The van der Waals surface area contributed by atoms with Gasteiger partial charge in [0.15, 0.2) is 0 Å². The number of rotatable bonds is 8. The van der Waals surface area contributed by atoms with Crippen molar-refractivity contribution in [2.24, 2.45) is 5.41 Å². The van der Waals surface area contributed by atoms with Gasteiger partial charge in [0, 0.05) is 30.0 Å². The van der Waals surface area contributed by atoms with Crippen LogP contribution in [0.5, 0.6) is 0 Å². The first kappa shape index (κ1) is 28.4. The molecule has 212 valence electrons. The van der Waals surface area contributed by atoms with Gasteiger partial charge in [-0.1, -0.05) is 38.4 Å². The third kappa shape index (κ3) is 5.58. The minimum absolute atomic E-state index is 0.0448. The van der Waals surface area contributed by atoms with E-state index in [9.17, 15) is 19.3 Å². The van der Waals surface area contributed by atoms with Crippen LogP contribution in [0, 0.1) is 35.0 Å². The molecule has 1 saturated carbocycles. The molecule has 4 N–H and O–H groups in total. The van der Waals surface area contributed by atoms with E-state index in [0.717, 1.165) is 11.1 Å². The molecule has 11 heteroatoms. The molecular weight excluding hydrogens is 546 g/mol. The van der Waals surface area contributed by atoms with Crippen molar-refractivity contribution < 1.29 is 8.78 Å². The topological polar surface area (TPSA) is 112 Å². The molecule has 1 aromatic heterocycles. The first-order valence-electron chi connectivity index (χ1n) is 13.3. The lowest BCUT2D eigenvalue weighted by molar-refractivity contribution is 0.00911. The molecule has 2 aliphatic rings. The highest BCUT2D eigenvalue weighted by molar-refractivity contribution is 6.35. The number of hydrogen-bond donors (Lipinski definition) is 4. The largest absolute Gasteiger partial charge is 0.383 e. The predicted octanol–water partition coefficient (Wildman–Crippen LogP) is 6.52. The molecule has 0 radical (unpaired) electrons. The fraction of sp³-hybridized carbons (Fsp3) is 0.367. The van der Waals surface area contributed by atoms with Crippen molar-refractivity contribution in [3.8, 4) is 12.1 Å². The lowest BCUT2D eigenvalue weighted by Gasteiger charge is -2.25. The van der Waals surface area contributed by atoms with E-state index < -0.39 is 18.0 Å². The summed E-state index contributed by atoms with van der Waals surface area (Å²) in [5.41, 5.74) is 9.77. The van der Waals surface area contributed by atoms with E-state index in [0.29, 0.717) is 63.5 Å². The molecule has 41 heavy (non-hydrogen) atoms. The quantitative estimate of drug-likeness (QED) is 0.240. The van der Waals surface area contributed by atoms with Crippen molar-refractivity contribution in [3.05, 3.63) is 75.7 Å². The van der Waals surface area contributed by atoms with Crippen LogP contribution >= 0.6 is 11.6 Å². The molecule has 0 saturated heterocycles. The Balaban J connectivity index is 1.59. The number of aryl methyl sites for hydroxylation is 1. The maximum absolute atomic E-state index is 13.9. The average molecular weight is 577 g/mol. The van der Waals surface area contributed by atoms with Gasteiger partial charge in [-0.3, -0.25) is 9.99 Å². The Morgan fingerprint density at radius 3 is 2.54 bits per heavy atom. The Labute approximate surface area is 242 Å². The van der Waals surface area contributed by atoms with Crippen molar-refractivity contribution in [3.63, 3.8) is 0 Å². The Morgan fingerprint density at radius 1 is 1.17 bits per heavy atom. The summed E-state index contributed by atoms with van der Waals surface area (Å²) < 4.78 is 27.7. The molecule has 3 aromatic rings. The van der Waals surface area contributed by atoms with Gasteiger partial charge in [0.1, 0.15) is 11.6 Å². The molecule has 0 spiro atoms. The standard InChI is InChI=1S/C30H31ClF2N8/c1-17-9-18(12-34)5-6-21(17)27(24-15-41(40-39-24)30(7-8-30)28(32)33)38-20-10-22-25(37-16-29(2,3)4)19(13-35)14-36-26(22)23(31)11-20/h5-6,9-11,14-15,27-28,38-40H,7-8,16H2,1-4H3,(H,36,37)/t27-/m0/s1. The van der Waals surface area contributed by atoms with E-state index in [1.165, 1.54) is 11.2 Å². The molecule has 1 aliphatic heterocycles. The summed E-state index contributed by atoms with van der Waals surface area (Å²) in [5, 5.41) is 28.7. The molecule has 2 heterocycles. The lowest BCUT2D eigenvalue weighted by Crippen LogP contribution is -2.48. The number of pyridine rings is 1. The van der Waals surface area contributed by atoms with Crippen molar-refractivity contribution in [1.82, 2.24) is 21.0 Å². The molecule has 1 atom stereocenters. The molecule has 8 nitrogen and oxygen atoms in total. The summed E-state index contributed by atoms with van der Waals surface area (Å²) in [5.74, 6) is 0. The predicted molar refractivity (Wildman–Crippen MR) is 156 cm³/mol. The zero-order chi connectivity index (χ0) is 29.5. The van der Waals surface area contributed by atoms with Gasteiger partial charge < -0.3 is 16.1 Å². The van der Waals surface area contributed by atoms with Crippen LogP contribution in [0.4, 0.5) is 20.2 Å². The molecule has 1 aliphatic carbocycles. The third-order valence-electron chi connectivity index (χ3n) is 7.41. The van der Waals surface area contributed by atoms with Crippen LogP contribution < -0.4 is 21.6 Å². The summed E-state index contributed by atoms with van der Waals surface area (Å²) >= 11 is 6.72. The molecule has 2 aromatic carbocycles. The molecule has 1 fully saturated rings. The van der Waals surface area contributed by atoms with Crippen LogP contribution in [-0.4, -0.2) is 28.5 Å². The van der Waals surface area contributed by atoms with E-state index in [1.807, 2.05) is 19.1 Å². The summed E-state index contributed by atoms with van der Waals surface area (Å²) in [7, 11) is 0. The second-order valence-electron chi connectivity index (χ2n) is 11.8. The second kappa shape index (κ2) is 10.7. The van der Waals surface area contributed by atoms with Gasteiger partial charge in [-0.15, -0.1) is 5.53 Å². The smallest absolute Gasteiger partial charge is 0.262 e. The zero-order valence-electron chi connectivity index (χ0n) is 23.2. The number of aromatic nitrogens is 1. The van der Waals surface area contributed by atoms with Crippen LogP contribution in [0.2, 0.25) is 5.02 Å². The van der Waals surface area contributed by atoms with Gasteiger partial charge in [-0.2, -0.15) is 10.5 Å². The number of fused-ring (bicyclic) bond motifs is 1. The van der Waals surface area contributed by atoms with Crippen LogP contribution in [-0.2, 0) is 0 Å².